The highest BCUT2D eigenvalue weighted by atomic mass is 35.5. The van der Waals surface area contributed by atoms with Gasteiger partial charge in [0.25, 0.3) is 0 Å². The quantitative estimate of drug-likeness (QED) is 0.548. The van der Waals surface area contributed by atoms with Crippen LogP contribution >= 0.6 is 11.6 Å². The standard InChI is InChI=1S/C18H15ClF3N5O3S/c19-15-3-2-13(9-14(15)18(20,21)22)31(29,30)25-6-5-17(28)26-12-1-4-16(24-10-12)27-8-7-23-11-27/h1-4,7-11,25H,5-6H2,(H,26,28). The van der Waals surface area contributed by atoms with Crippen molar-refractivity contribution in [3.05, 3.63) is 65.8 Å². The Hall–Kier alpha value is -2.96. The fourth-order valence-electron chi connectivity index (χ4n) is 2.50. The number of anilines is 1. The average molecular weight is 474 g/mol. The van der Waals surface area contributed by atoms with Gasteiger partial charge in [0.1, 0.15) is 12.1 Å². The number of nitrogens with zero attached hydrogens (tertiary/aromatic N) is 3. The number of alkyl halides is 3. The van der Waals surface area contributed by atoms with Gasteiger partial charge in [-0.05, 0) is 30.3 Å². The molecule has 0 aliphatic rings. The summed E-state index contributed by atoms with van der Waals surface area (Å²) in [5.74, 6) is 0.0800. The molecule has 0 atom stereocenters. The average Bonchev–Trinajstić information content (AvgIpc) is 3.22. The Kier molecular flexibility index (Phi) is 6.62. The number of aromatic nitrogens is 3. The molecule has 1 aromatic carbocycles. The maximum absolute atomic E-state index is 12.9. The van der Waals surface area contributed by atoms with Gasteiger partial charge in [-0.25, -0.2) is 23.1 Å². The van der Waals surface area contributed by atoms with Crippen LogP contribution in [0.2, 0.25) is 5.02 Å². The van der Waals surface area contributed by atoms with E-state index in [-0.39, 0.29) is 13.0 Å². The van der Waals surface area contributed by atoms with Crippen LogP contribution < -0.4 is 10.0 Å². The van der Waals surface area contributed by atoms with E-state index in [9.17, 15) is 26.4 Å². The Labute approximate surface area is 180 Å². The minimum atomic E-state index is -4.80. The Bertz CT molecular complexity index is 1170. The molecular weight excluding hydrogens is 459 g/mol. The molecule has 0 spiro atoms. The van der Waals surface area contributed by atoms with E-state index < -0.39 is 37.6 Å². The maximum atomic E-state index is 12.9. The van der Waals surface area contributed by atoms with Crippen LogP contribution in [0.15, 0.2) is 60.1 Å². The molecule has 8 nitrogen and oxygen atoms in total. The van der Waals surface area contributed by atoms with Gasteiger partial charge in [0, 0.05) is 25.4 Å². The molecule has 0 radical (unpaired) electrons. The summed E-state index contributed by atoms with van der Waals surface area (Å²) in [6, 6.07) is 5.51. The molecule has 13 heteroatoms. The van der Waals surface area contributed by atoms with Gasteiger partial charge < -0.3 is 5.32 Å². The molecule has 2 N–H and O–H groups in total. The van der Waals surface area contributed by atoms with Crippen molar-refractivity contribution in [2.45, 2.75) is 17.5 Å². The topological polar surface area (TPSA) is 106 Å². The molecule has 2 aromatic heterocycles. The van der Waals surface area contributed by atoms with E-state index in [2.05, 4.69) is 20.0 Å². The van der Waals surface area contributed by atoms with Crippen molar-refractivity contribution in [3.8, 4) is 5.82 Å². The lowest BCUT2D eigenvalue weighted by atomic mass is 10.2. The van der Waals surface area contributed by atoms with Crippen LogP contribution in [0.4, 0.5) is 18.9 Å². The summed E-state index contributed by atoms with van der Waals surface area (Å²) in [6.45, 7) is -0.321. The number of benzene rings is 1. The monoisotopic (exact) mass is 473 g/mol. The van der Waals surface area contributed by atoms with Gasteiger partial charge in [-0.1, -0.05) is 11.6 Å². The molecule has 0 aliphatic carbocycles. The van der Waals surface area contributed by atoms with E-state index in [1.165, 1.54) is 6.20 Å². The molecule has 0 bridgehead atoms. The summed E-state index contributed by atoms with van der Waals surface area (Å²) in [5, 5.41) is 1.94. The van der Waals surface area contributed by atoms with Crippen molar-refractivity contribution < 1.29 is 26.4 Å². The summed E-state index contributed by atoms with van der Waals surface area (Å²) in [7, 11) is -4.27. The second-order valence-corrected chi connectivity index (χ2v) is 8.38. The molecule has 0 aliphatic heterocycles. The Morgan fingerprint density at radius 3 is 2.58 bits per heavy atom. The highest BCUT2D eigenvalue weighted by Crippen LogP contribution is 2.35. The van der Waals surface area contributed by atoms with Crippen LogP contribution in [0.3, 0.4) is 0 Å². The van der Waals surface area contributed by atoms with Crippen molar-refractivity contribution in [3.63, 3.8) is 0 Å². The predicted molar refractivity (Wildman–Crippen MR) is 106 cm³/mol. The molecule has 2 heterocycles. The molecule has 3 aromatic rings. The lowest BCUT2D eigenvalue weighted by Gasteiger charge is -2.12. The van der Waals surface area contributed by atoms with Crippen LogP contribution in [0.1, 0.15) is 12.0 Å². The van der Waals surface area contributed by atoms with Gasteiger partial charge >= 0.3 is 6.18 Å². The van der Waals surface area contributed by atoms with Crippen molar-refractivity contribution in [2.24, 2.45) is 0 Å². The zero-order valence-electron chi connectivity index (χ0n) is 15.6. The molecule has 0 saturated carbocycles. The minimum Gasteiger partial charge on any atom is -0.325 e. The first-order valence-electron chi connectivity index (χ1n) is 8.67. The van der Waals surface area contributed by atoms with Crippen LogP contribution in [0, 0.1) is 0 Å². The SMILES string of the molecule is O=C(CCNS(=O)(=O)c1ccc(Cl)c(C(F)(F)F)c1)Nc1ccc(-n2ccnc2)nc1. The number of hydrogen-bond donors (Lipinski definition) is 2. The van der Waals surface area contributed by atoms with Gasteiger partial charge in [-0.2, -0.15) is 13.2 Å². The highest BCUT2D eigenvalue weighted by molar-refractivity contribution is 7.89. The van der Waals surface area contributed by atoms with Crippen LogP contribution in [0.25, 0.3) is 5.82 Å². The second kappa shape index (κ2) is 9.04. The van der Waals surface area contributed by atoms with Gasteiger partial charge in [-0.3, -0.25) is 9.36 Å². The number of amides is 1. The normalized spacial score (nSPS) is 12.0. The van der Waals surface area contributed by atoms with Crippen molar-refractivity contribution in [1.29, 1.82) is 0 Å². The van der Waals surface area contributed by atoms with Crippen molar-refractivity contribution >= 4 is 33.2 Å². The number of sulfonamides is 1. The van der Waals surface area contributed by atoms with Gasteiger partial charge in [0.05, 0.1) is 27.4 Å². The lowest BCUT2D eigenvalue weighted by Crippen LogP contribution is -2.28. The maximum Gasteiger partial charge on any atom is 0.417 e. The minimum absolute atomic E-state index is 0.248. The van der Waals surface area contributed by atoms with E-state index in [4.69, 9.17) is 11.6 Å². The van der Waals surface area contributed by atoms with E-state index in [0.29, 0.717) is 17.6 Å². The molecule has 0 fully saturated rings. The summed E-state index contributed by atoms with van der Waals surface area (Å²) in [6.07, 6.45) is 1.22. The Balaban J connectivity index is 1.56. The first-order chi connectivity index (χ1) is 14.6. The number of hydrogen-bond acceptors (Lipinski definition) is 5. The Morgan fingerprint density at radius 1 is 1.19 bits per heavy atom. The molecule has 0 saturated heterocycles. The Morgan fingerprint density at radius 2 is 1.97 bits per heavy atom. The number of rotatable bonds is 7. The number of nitrogens with one attached hydrogen (secondary N) is 2. The number of carbonyl (C=O) groups excluding carboxylic acids is 1. The second-order valence-electron chi connectivity index (χ2n) is 6.21. The van der Waals surface area contributed by atoms with Gasteiger partial charge in [0.2, 0.25) is 15.9 Å². The first-order valence-corrected chi connectivity index (χ1v) is 10.5. The molecule has 31 heavy (non-hydrogen) atoms. The molecular formula is C18H15ClF3N5O3S. The van der Waals surface area contributed by atoms with Crippen molar-refractivity contribution in [1.82, 2.24) is 19.3 Å². The summed E-state index contributed by atoms with van der Waals surface area (Å²) >= 11 is 5.49. The third-order valence-corrected chi connectivity index (χ3v) is 5.79. The smallest absolute Gasteiger partial charge is 0.325 e. The third kappa shape index (κ3) is 5.81. The van der Waals surface area contributed by atoms with Crippen LogP contribution in [0.5, 0.6) is 0 Å². The van der Waals surface area contributed by atoms with Gasteiger partial charge in [0.15, 0.2) is 0 Å². The largest absolute Gasteiger partial charge is 0.417 e. The number of halogens is 4. The molecule has 164 valence electrons. The molecule has 1 amide bonds. The number of imidazole rings is 1. The molecule has 0 unspecified atom stereocenters. The first kappa shape index (κ1) is 22.7. The third-order valence-electron chi connectivity index (χ3n) is 4.00. The van der Waals surface area contributed by atoms with E-state index in [0.717, 1.165) is 12.1 Å². The predicted octanol–water partition coefficient (Wildman–Crippen LogP) is 3.25. The van der Waals surface area contributed by atoms with E-state index in [1.54, 1.807) is 35.4 Å². The van der Waals surface area contributed by atoms with Crippen molar-refractivity contribution in [2.75, 3.05) is 11.9 Å². The number of pyridine rings is 1. The van der Waals surface area contributed by atoms with Crippen LogP contribution in [-0.4, -0.2) is 35.4 Å². The summed E-state index contributed by atoms with van der Waals surface area (Å²) in [5.41, 5.74) is -0.870. The van der Waals surface area contributed by atoms with Crippen LogP contribution in [-0.2, 0) is 21.0 Å². The van der Waals surface area contributed by atoms with Gasteiger partial charge in [-0.15, -0.1) is 0 Å². The zero-order valence-corrected chi connectivity index (χ0v) is 17.2. The summed E-state index contributed by atoms with van der Waals surface area (Å²) < 4.78 is 67.0. The van der Waals surface area contributed by atoms with E-state index in [1.807, 2.05) is 0 Å². The van der Waals surface area contributed by atoms with E-state index >= 15 is 0 Å². The lowest BCUT2D eigenvalue weighted by molar-refractivity contribution is -0.137. The fraction of sp³-hybridized carbons (Fsp3) is 0.167. The number of carbonyl (C=O) groups is 1. The zero-order chi connectivity index (χ0) is 22.6. The highest BCUT2D eigenvalue weighted by Gasteiger charge is 2.34. The summed E-state index contributed by atoms with van der Waals surface area (Å²) in [4.78, 5) is 19.5. The molecule has 3 rings (SSSR count). The fourth-order valence-corrected chi connectivity index (χ4v) is 3.78.